The number of nitrogens with zero attached hydrogens (tertiary/aromatic N) is 1. The summed E-state index contributed by atoms with van der Waals surface area (Å²) < 4.78 is 11.7. The fourth-order valence-electron chi connectivity index (χ4n) is 4.63. The zero-order valence-electron chi connectivity index (χ0n) is 17.9. The molecule has 0 aromatic heterocycles. The summed E-state index contributed by atoms with van der Waals surface area (Å²) in [5, 5.41) is 0. The highest BCUT2D eigenvalue weighted by Gasteiger charge is 2.18. The monoisotopic (exact) mass is 393 g/mol. The van der Waals surface area contributed by atoms with Gasteiger partial charge in [0.25, 0.3) is 0 Å². The van der Waals surface area contributed by atoms with Gasteiger partial charge in [-0.25, -0.2) is 0 Å². The summed E-state index contributed by atoms with van der Waals surface area (Å²) in [6.45, 7) is 8.28. The number of aryl methyl sites for hydroxylation is 1. The lowest BCUT2D eigenvalue weighted by Crippen LogP contribution is -2.33. The molecule has 0 N–H and O–H groups in total. The standard InChI is InChI=1S/C26H35NO2/c1-21-8-9-26-25(16-21)18-23-6-5-7-24(17-23)20-27(12-3-2-4-13-29-26)19-22-10-14-28-15-11-22/h5-9,16-17,22H,2-4,10-15,18-20H2,1H3. The predicted octanol–water partition coefficient (Wildman–Crippen LogP) is 5.38. The van der Waals surface area contributed by atoms with Crippen molar-refractivity contribution in [2.75, 3.05) is 32.9 Å². The molecule has 0 amide bonds. The number of ether oxygens (including phenoxy) is 2. The Balaban J connectivity index is 1.53. The van der Waals surface area contributed by atoms with Crippen LogP contribution in [0.25, 0.3) is 0 Å². The Morgan fingerprint density at radius 3 is 2.69 bits per heavy atom. The Bertz CT molecular complexity index is 782. The molecule has 2 aliphatic rings. The van der Waals surface area contributed by atoms with E-state index in [1.54, 1.807) is 0 Å². The Hall–Kier alpha value is -1.84. The number of fused-ring (bicyclic) bond motifs is 3. The molecule has 4 rings (SSSR count). The molecule has 156 valence electrons. The van der Waals surface area contributed by atoms with Crippen molar-refractivity contribution in [3.63, 3.8) is 0 Å². The lowest BCUT2D eigenvalue weighted by molar-refractivity contribution is 0.0510. The summed E-state index contributed by atoms with van der Waals surface area (Å²) in [6.07, 6.45) is 6.95. The van der Waals surface area contributed by atoms with Crippen LogP contribution in [0.2, 0.25) is 0 Å². The molecule has 0 unspecified atom stereocenters. The first-order chi connectivity index (χ1) is 14.3. The molecular weight excluding hydrogens is 358 g/mol. The number of hydrogen-bond acceptors (Lipinski definition) is 3. The van der Waals surface area contributed by atoms with Crippen molar-refractivity contribution in [1.29, 1.82) is 0 Å². The largest absolute Gasteiger partial charge is 0.493 e. The fraction of sp³-hybridized carbons (Fsp3) is 0.538. The van der Waals surface area contributed by atoms with Gasteiger partial charge in [0, 0.05) is 32.7 Å². The first kappa shape index (κ1) is 20.4. The molecule has 2 aromatic rings. The average molecular weight is 394 g/mol. The molecule has 2 heterocycles. The summed E-state index contributed by atoms with van der Waals surface area (Å²) in [5.74, 6) is 1.84. The van der Waals surface area contributed by atoms with Crippen molar-refractivity contribution in [1.82, 2.24) is 4.90 Å². The highest BCUT2D eigenvalue weighted by molar-refractivity contribution is 5.41. The van der Waals surface area contributed by atoms with Gasteiger partial charge in [0.05, 0.1) is 6.61 Å². The molecule has 3 heteroatoms. The Labute approximate surface area is 176 Å². The summed E-state index contributed by atoms with van der Waals surface area (Å²) >= 11 is 0. The first-order valence-corrected chi connectivity index (χ1v) is 11.4. The van der Waals surface area contributed by atoms with E-state index in [9.17, 15) is 0 Å². The molecular formula is C26H35NO2. The van der Waals surface area contributed by atoms with Crippen LogP contribution >= 0.6 is 0 Å². The smallest absolute Gasteiger partial charge is 0.122 e. The molecule has 0 aliphatic carbocycles. The molecule has 0 spiro atoms. The molecule has 3 nitrogen and oxygen atoms in total. The second-order valence-corrected chi connectivity index (χ2v) is 8.81. The van der Waals surface area contributed by atoms with Crippen LogP contribution in [0.5, 0.6) is 5.75 Å². The van der Waals surface area contributed by atoms with E-state index < -0.39 is 0 Å². The molecule has 0 saturated carbocycles. The van der Waals surface area contributed by atoms with Gasteiger partial charge >= 0.3 is 0 Å². The third kappa shape index (κ3) is 6.07. The van der Waals surface area contributed by atoms with Gasteiger partial charge in [0.2, 0.25) is 0 Å². The molecule has 1 fully saturated rings. The molecule has 2 bridgehead atoms. The van der Waals surface area contributed by atoms with Crippen LogP contribution in [0, 0.1) is 12.8 Å². The minimum Gasteiger partial charge on any atom is -0.493 e. The minimum absolute atomic E-state index is 0.781. The van der Waals surface area contributed by atoms with Gasteiger partial charge in [-0.15, -0.1) is 0 Å². The van der Waals surface area contributed by atoms with Gasteiger partial charge in [-0.3, -0.25) is 4.90 Å². The summed E-state index contributed by atoms with van der Waals surface area (Å²) in [6, 6.07) is 15.8. The maximum absolute atomic E-state index is 6.18. The zero-order valence-corrected chi connectivity index (χ0v) is 17.9. The highest BCUT2D eigenvalue weighted by Crippen LogP contribution is 2.25. The molecule has 1 saturated heterocycles. The van der Waals surface area contributed by atoms with Crippen molar-refractivity contribution >= 4 is 0 Å². The van der Waals surface area contributed by atoms with E-state index in [1.807, 2.05) is 0 Å². The number of rotatable bonds is 2. The van der Waals surface area contributed by atoms with Crippen LogP contribution in [0.1, 0.15) is 54.4 Å². The average Bonchev–Trinajstić information content (AvgIpc) is 2.72. The van der Waals surface area contributed by atoms with Gasteiger partial charge in [-0.2, -0.15) is 0 Å². The van der Waals surface area contributed by atoms with Crippen molar-refractivity contribution < 1.29 is 9.47 Å². The Morgan fingerprint density at radius 1 is 0.931 bits per heavy atom. The Kier molecular flexibility index (Phi) is 7.23. The number of benzene rings is 2. The third-order valence-electron chi connectivity index (χ3n) is 6.24. The van der Waals surface area contributed by atoms with Crippen LogP contribution < -0.4 is 4.74 Å². The van der Waals surface area contributed by atoms with Crippen LogP contribution in [0.3, 0.4) is 0 Å². The van der Waals surface area contributed by atoms with E-state index in [0.29, 0.717) is 0 Å². The molecule has 0 radical (unpaired) electrons. The van der Waals surface area contributed by atoms with Crippen LogP contribution in [-0.2, 0) is 17.7 Å². The number of hydrogen-bond donors (Lipinski definition) is 0. The van der Waals surface area contributed by atoms with Gasteiger partial charge < -0.3 is 9.47 Å². The van der Waals surface area contributed by atoms with Gasteiger partial charge in [0.1, 0.15) is 5.75 Å². The van der Waals surface area contributed by atoms with Crippen LogP contribution in [-0.4, -0.2) is 37.8 Å². The van der Waals surface area contributed by atoms with Gasteiger partial charge in [-0.05, 0) is 74.2 Å². The van der Waals surface area contributed by atoms with E-state index >= 15 is 0 Å². The van der Waals surface area contributed by atoms with E-state index in [-0.39, 0.29) is 0 Å². The van der Waals surface area contributed by atoms with Crippen molar-refractivity contribution in [3.05, 3.63) is 64.7 Å². The molecule has 2 aromatic carbocycles. The van der Waals surface area contributed by atoms with E-state index in [1.165, 1.54) is 61.0 Å². The maximum atomic E-state index is 6.18. The second-order valence-electron chi connectivity index (χ2n) is 8.81. The van der Waals surface area contributed by atoms with Gasteiger partial charge in [-0.1, -0.05) is 42.0 Å². The highest BCUT2D eigenvalue weighted by atomic mass is 16.5. The quantitative estimate of drug-likeness (QED) is 0.684. The zero-order chi connectivity index (χ0) is 19.9. The fourth-order valence-corrected chi connectivity index (χ4v) is 4.63. The molecule has 29 heavy (non-hydrogen) atoms. The summed E-state index contributed by atoms with van der Waals surface area (Å²) in [5.41, 5.74) is 5.41. The first-order valence-electron chi connectivity index (χ1n) is 11.4. The summed E-state index contributed by atoms with van der Waals surface area (Å²) in [7, 11) is 0. The molecule has 0 atom stereocenters. The van der Waals surface area contributed by atoms with E-state index in [2.05, 4.69) is 54.3 Å². The maximum Gasteiger partial charge on any atom is 0.122 e. The summed E-state index contributed by atoms with van der Waals surface area (Å²) in [4.78, 5) is 2.68. The van der Waals surface area contributed by atoms with Gasteiger partial charge in [0.15, 0.2) is 0 Å². The lowest BCUT2D eigenvalue weighted by atomic mass is 9.98. The second kappa shape index (κ2) is 10.3. The van der Waals surface area contributed by atoms with E-state index in [4.69, 9.17) is 9.47 Å². The third-order valence-corrected chi connectivity index (χ3v) is 6.24. The van der Waals surface area contributed by atoms with Crippen LogP contribution in [0.15, 0.2) is 42.5 Å². The van der Waals surface area contributed by atoms with E-state index in [0.717, 1.165) is 50.9 Å². The van der Waals surface area contributed by atoms with Crippen molar-refractivity contribution in [3.8, 4) is 5.75 Å². The SMILES string of the molecule is Cc1ccc2c(c1)Cc1cccc(c1)CN(CC1CCOCC1)CCCCCO2. The normalized spacial score (nSPS) is 19.8. The minimum atomic E-state index is 0.781. The van der Waals surface area contributed by atoms with Crippen molar-refractivity contribution in [2.24, 2.45) is 5.92 Å². The lowest BCUT2D eigenvalue weighted by Gasteiger charge is -2.30. The Morgan fingerprint density at radius 2 is 1.79 bits per heavy atom. The molecule has 2 aliphatic heterocycles. The van der Waals surface area contributed by atoms with Crippen LogP contribution in [0.4, 0.5) is 0 Å². The predicted molar refractivity (Wildman–Crippen MR) is 119 cm³/mol. The van der Waals surface area contributed by atoms with Crippen molar-refractivity contribution in [2.45, 2.75) is 52.0 Å². The topological polar surface area (TPSA) is 21.7 Å².